The topological polar surface area (TPSA) is 52.3 Å². The van der Waals surface area contributed by atoms with E-state index in [1.807, 2.05) is 42.3 Å². The number of fused-ring (bicyclic) bond motifs is 1. The molecule has 0 saturated heterocycles. The maximum absolute atomic E-state index is 5.81. The van der Waals surface area contributed by atoms with Crippen LogP contribution in [0.1, 0.15) is 38.1 Å². The van der Waals surface area contributed by atoms with E-state index in [4.69, 9.17) is 4.74 Å². The van der Waals surface area contributed by atoms with E-state index >= 15 is 0 Å². The van der Waals surface area contributed by atoms with Crippen molar-refractivity contribution in [2.24, 2.45) is 5.10 Å². The van der Waals surface area contributed by atoms with Gasteiger partial charge in [0.1, 0.15) is 5.75 Å². The number of hydrogen-bond donors (Lipinski definition) is 0. The summed E-state index contributed by atoms with van der Waals surface area (Å²) in [7, 11) is 0. The lowest BCUT2D eigenvalue weighted by Crippen LogP contribution is -2.03. The van der Waals surface area contributed by atoms with Crippen LogP contribution in [0.5, 0.6) is 5.75 Å². The zero-order valence-corrected chi connectivity index (χ0v) is 15.7. The van der Waals surface area contributed by atoms with Gasteiger partial charge in [-0.05, 0) is 30.0 Å². The largest absolute Gasteiger partial charge is 0.493 e. The molecule has 3 rings (SSSR count). The average molecular weight is 354 g/mol. The van der Waals surface area contributed by atoms with Crippen LogP contribution in [0.15, 0.2) is 46.7 Å². The second kappa shape index (κ2) is 7.70. The first-order valence-electron chi connectivity index (χ1n) is 8.33. The molecule has 1 aromatic heterocycles. The Hall–Kier alpha value is -2.34. The maximum Gasteiger partial charge on any atom is 0.211 e. The van der Waals surface area contributed by atoms with Crippen LogP contribution in [0.2, 0.25) is 0 Å². The van der Waals surface area contributed by atoms with Crippen LogP contribution in [0, 0.1) is 0 Å². The highest BCUT2D eigenvalue weighted by molar-refractivity contribution is 7.98. The SMILES string of the molecule is CCOc1ccc2ccccc2c1/C=N\n1c(SC)nnc1C(C)C. The first-order valence-corrected chi connectivity index (χ1v) is 9.56. The molecule has 0 spiro atoms. The molecule has 0 fully saturated rings. The molecule has 2 aromatic carbocycles. The lowest BCUT2D eigenvalue weighted by molar-refractivity contribution is 0.340. The molecule has 0 aliphatic rings. The molecule has 0 amide bonds. The maximum atomic E-state index is 5.81. The van der Waals surface area contributed by atoms with E-state index in [1.165, 1.54) is 11.8 Å². The molecule has 0 N–H and O–H groups in total. The predicted molar refractivity (Wildman–Crippen MR) is 104 cm³/mol. The van der Waals surface area contributed by atoms with Gasteiger partial charge in [0.15, 0.2) is 5.82 Å². The van der Waals surface area contributed by atoms with Gasteiger partial charge in [0.05, 0.1) is 12.8 Å². The normalized spacial score (nSPS) is 11.7. The third-order valence-electron chi connectivity index (χ3n) is 3.87. The van der Waals surface area contributed by atoms with Crippen LogP contribution in [-0.2, 0) is 0 Å². The van der Waals surface area contributed by atoms with Crippen molar-refractivity contribution in [2.75, 3.05) is 12.9 Å². The fourth-order valence-electron chi connectivity index (χ4n) is 2.68. The van der Waals surface area contributed by atoms with Gasteiger partial charge in [-0.2, -0.15) is 9.78 Å². The Morgan fingerprint density at radius 2 is 2.00 bits per heavy atom. The van der Waals surface area contributed by atoms with Crippen LogP contribution < -0.4 is 4.74 Å². The molecule has 0 saturated carbocycles. The molecule has 0 aliphatic heterocycles. The van der Waals surface area contributed by atoms with Gasteiger partial charge in [-0.25, -0.2) is 0 Å². The predicted octanol–water partition coefficient (Wildman–Crippen LogP) is 4.56. The van der Waals surface area contributed by atoms with Crippen LogP contribution in [0.4, 0.5) is 0 Å². The van der Waals surface area contributed by atoms with E-state index in [0.29, 0.717) is 6.61 Å². The standard InChI is InChI=1S/C19H22N4OS/c1-5-24-17-11-10-14-8-6-7-9-15(14)16(17)12-20-23-18(13(2)3)21-22-19(23)25-4/h6-13H,5H2,1-4H3/b20-12-. The summed E-state index contributed by atoms with van der Waals surface area (Å²) in [5.41, 5.74) is 0.968. The Balaban J connectivity index is 2.13. The number of ether oxygens (including phenoxy) is 1. The smallest absolute Gasteiger partial charge is 0.211 e. The third kappa shape index (κ3) is 3.54. The number of rotatable bonds is 6. The van der Waals surface area contributed by atoms with Gasteiger partial charge in [-0.15, -0.1) is 10.2 Å². The van der Waals surface area contributed by atoms with Gasteiger partial charge in [-0.1, -0.05) is 55.9 Å². The number of thioether (sulfide) groups is 1. The molecule has 0 bridgehead atoms. The Morgan fingerprint density at radius 1 is 1.20 bits per heavy atom. The molecule has 0 aliphatic carbocycles. The van der Waals surface area contributed by atoms with Crippen molar-refractivity contribution in [1.82, 2.24) is 14.9 Å². The van der Waals surface area contributed by atoms with Crippen molar-refractivity contribution in [2.45, 2.75) is 31.8 Å². The summed E-state index contributed by atoms with van der Waals surface area (Å²) in [5.74, 6) is 1.91. The Kier molecular flexibility index (Phi) is 5.38. The highest BCUT2D eigenvalue weighted by Crippen LogP contribution is 2.27. The third-order valence-corrected chi connectivity index (χ3v) is 4.49. The van der Waals surface area contributed by atoms with Gasteiger partial charge < -0.3 is 4.74 Å². The molecule has 0 radical (unpaired) electrons. The monoisotopic (exact) mass is 354 g/mol. The van der Waals surface area contributed by atoms with Crippen molar-refractivity contribution in [1.29, 1.82) is 0 Å². The Bertz CT molecular complexity index is 902. The van der Waals surface area contributed by atoms with E-state index in [2.05, 4.69) is 47.3 Å². The lowest BCUT2D eigenvalue weighted by atomic mass is 10.0. The Labute approximate surface area is 152 Å². The van der Waals surface area contributed by atoms with Gasteiger partial charge in [0.25, 0.3) is 0 Å². The van der Waals surface area contributed by atoms with Gasteiger partial charge in [0.2, 0.25) is 5.16 Å². The second-order valence-corrected chi connectivity index (χ2v) is 6.66. The van der Waals surface area contributed by atoms with Crippen LogP contribution in [0.25, 0.3) is 10.8 Å². The molecule has 5 nitrogen and oxygen atoms in total. The van der Waals surface area contributed by atoms with Crippen LogP contribution >= 0.6 is 11.8 Å². The lowest BCUT2D eigenvalue weighted by Gasteiger charge is -2.11. The van der Waals surface area contributed by atoms with E-state index in [0.717, 1.165) is 33.1 Å². The van der Waals surface area contributed by atoms with Crippen molar-refractivity contribution in [3.63, 3.8) is 0 Å². The molecule has 0 atom stereocenters. The number of aromatic nitrogens is 3. The average Bonchev–Trinajstić information content (AvgIpc) is 3.04. The summed E-state index contributed by atoms with van der Waals surface area (Å²) in [4.78, 5) is 0. The Morgan fingerprint density at radius 3 is 2.72 bits per heavy atom. The zero-order valence-electron chi connectivity index (χ0n) is 14.9. The molecule has 130 valence electrons. The minimum absolute atomic E-state index is 0.240. The summed E-state index contributed by atoms with van der Waals surface area (Å²) in [6, 6.07) is 12.3. The highest BCUT2D eigenvalue weighted by atomic mass is 32.2. The molecule has 25 heavy (non-hydrogen) atoms. The first-order chi connectivity index (χ1) is 12.2. The van der Waals surface area contributed by atoms with Gasteiger partial charge in [-0.3, -0.25) is 0 Å². The van der Waals surface area contributed by atoms with Crippen molar-refractivity contribution >= 4 is 28.7 Å². The highest BCUT2D eigenvalue weighted by Gasteiger charge is 2.14. The minimum atomic E-state index is 0.240. The van der Waals surface area contributed by atoms with E-state index in [1.54, 1.807) is 0 Å². The summed E-state index contributed by atoms with van der Waals surface area (Å²) in [6.45, 7) is 6.77. The minimum Gasteiger partial charge on any atom is -0.493 e. The van der Waals surface area contributed by atoms with Gasteiger partial charge in [0, 0.05) is 11.5 Å². The fourth-order valence-corrected chi connectivity index (χ4v) is 3.11. The van der Waals surface area contributed by atoms with E-state index < -0.39 is 0 Å². The number of nitrogens with zero attached hydrogens (tertiary/aromatic N) is 4. The van der Waals surface area contributed by atoms with Crippen molar-refractivity contribution < 1.29 is 4.74 Å². The zero-order chi connectivity index (χ0) is 17.8. The quantitative estimate of drug-likeness (QED) is 0.481. The van der Waals surface area contributed by atoms with E-state index in [-0.39, 0.29) is 5.92 Å². The summed E-state index contributed by atoms with van der Waals surface area (Å²) in [6.07, 6.45) is 3.83. The summed E-state index contributed by atoms with van der Waals surface area (Å²) in [5, 5.41) is 16.2. The van der Waals surface area contributed by atoms with Crippen molar-refractivity contribution in [3.05, 3.63) is 47.8 Å². The number of hydrogen-bond acceptors (Lipinski definition) is 5. The molecule has 3 aromatic rings. The van der Waals surface area contributed by atoms with Crippen molar-refractivity contribution in [3.8, 4) is 5.75 Å². The molecule has 1 heterocycles. The number of benzene rings is 2. The van der Waals surface area contributed by atoms with E-state index in [9.17, 15) is 0 Å². The van der Waals surface area contributed by atoms with Crippen LogP contribution in [-0.4, -0.2) is 34.0 Å². The molecule has 6 heteroatoms. The van der Waals surface area contributed by atoms with Gasteiger partial charge >= 0.3 is 0 Å². The fraction of sp³-hybridized carbons (Fsp3) is 0.316. The molecular formula is C19H22N4OS. The second-order valence-electron chi connectivity index (χ2n) is 5.89. The molecule has 0 unspecified atom stereocenters. The summed E-state index contributed by atoms with van der Waals surface area (Å²) >= 11 is 1.53. The van der Waals surface area contributed by atoms with Crippen LogP contribution in [0.3, 0.4) is 0 Å². The molecular weight excluding hydrogens is 332 g/mol. The first kappa shape index (κ1) is 17.5. The summed E-state index contributed by atoms with van der Waals surface area (Å²) < 4.78 is 7.62.